The molecule has 1 unspecified atom stereocenters. The predicted molar refractivity (Wildman–Crippen MR) is 82.5 cm³/mol. The summed E-state index contributed by atoms with van der Waals surface area (Å²) in [4.78, 5) is 3.91. The van der Waals surface area contributed by atoms with E-state index in [1.54, 1.807) is 32.1 Å². The zero-order valence-electron chi connectivity index (χ0n) is 11.9. The van der Waals surface area contributed by atoms with Crippen molar-refractivity contribution in [3.05, 3.63) is 47.5 Å². The largest absolute Gasteiger partial charge is 0.396 e. The van der Waals surface area contributed by atoms with Crippen LogP contribution in [0.3, 0.4) is 0 Å². The first kappa shape index (κ1) is 15.7. The Morgan fingerprint density at radius 2 is 2.05 bits per heavy atom. The highest BCUT2D eigenvalue weighted by atomic mass is 35.5. The van der Waals surface area contributed by atoms with Gasteiger partial charge in [0.2, 0.25) is 0 Å². The lowest BCUT2D eigenvalue weighted by molar-refractivity contribution is 0.0411. The number of nitrogens with zero attached hydrogens (tertiary/aromatic N) is 3. The van der Waals surface area contributed by atoms with Crippen LogP contribution in [0.4, 0.5) is 0 Å². The second kappa shape index (κ2) is 6.39. The number of hydrogen-bond donors (Lipinski definition) is 2. The van der Waals surface area contributed by atoms with E-state index in [0.717, 1.165) is 5.56 Å². The fraction of sp³-hybridized carbons (Fsp3) is 0.333. The van der Waals surface area contributed by atoms with Gasteiger partial charge in [-0.05, 0) is 23.8 Å². The summed E-state index contributed by atoms with van der Waals surface area (Å²) in [5.41, 5.74) is 0.705. The minimum absolute atomic E-state index is 0.152. The van der Waals surface area contributed by atoms with E-state index in [-0.39, 0.29) is 6.61 Å². The zero-order valence-corrected chi connectivity index (χ0v) is 12.7. The molecule has 0 saturated carbocycles. The standard InChI is InChI=1S/C15H18ClN3O2/c1-15(2,8-20)14(21)13(19-10-17-9-18-19)7-11-3-5-12(16)6-4-11/h3-7,9-10,14,20-21H,8H2,1-2H3/b13-7+. The summed E-state index contributed by atoms with van der Waals surface area (Å²) in [5.74, 6) is 0. The minimum atomic E-state index is -0.903. The number of aliphatic hydroxyl groups is 2. The van der Waals surface area contributed by atoms with Crippen LogP contribution in [0.25, 0.3) is 11.8 Å². The van der Waals surface area contributed by atoms with Crippen LogP contribution < -0.4 is 0 Å². The number of halogens is 1. The molecule has 0 radical (unpaired) electrons. The molecule has 0 saturated heterocycles. The smallest absolute Gasteiger partial charge is 0.138 e. The van der Waals surface area contributed by atoms with Gasteiger partial charge in [0.1, 0.15) is 18.8 Å². The highest BCUT2D eigenvalue weighted by Gasteiger charge is 2.31. The molecule has 0 amide bonds. The van der Waals surface area contributed by atoms with Crippen molar-refractivity contribution in [2.45, 2.75) is 20.0 Å². The van der Waals surface area contributed by atoms with E-state index in [2.05, 4.69) is 10.1 Å². The molecule has 2 aromatic rings. The lowest BCUT2D eigenvalue weighted by atomic mass is 9.85. The van der Waals surface area contributed by atoms with Crippen molar-refractivity contribution in [1.29, 1.82) is 0 Å². The molecule has 0 aliphatic rings. The summed E-state index contributed by atoms with van der Waals surface area (Å²) in [6, 6.07) is 7.24. The lowest BCUT2D eigenvalue weighted by Gasteiger charge is -2.30. The number of benzene rings is 1. The monoisotopic (exact) mass is 307 g/mol. The van der Waals surface area contributed by atoms with E-state index < -0.39 is 11.5 Å². The van der Waals surface area contributed by atoms with Crippen LogP contribution in [0.2, 0.25) is 5.02 Å². The second-order valence-corrected chi connectivity index (χ2v) is 5.95. The summed E-state index contributed by atoms with van der Waals surface area (Å²) >= 11 is 5.87. The molecule has 2 rings (SSSR count). The normalized spacial score (nSPS) is 14.2. The maximum Gasteiger partial charge on any atom is 0.138 e. The molecule has 1 atom stereocenters. The summed E-state index contributed by atoms with van der Waals surface area (Å²) in [5, 5.41) is 24.8. The van der Waals surface area contributed by atoms with Crippen molar-refractivity contribution < 1.29 is 10.2 Å². The van der Waals surface area contributed by atoms with Gasteiger partial charge in [-0.1, -0.05) is 37.6 Å². The van der Waals surface area contributed by atoms with Gasteiger partial charge < -0.3 is 10.2 Å². The van der Waals surface area contributed by atoms with Crippen molar-refractivity contribution >= 4 is 23.4 Å². The Hall–Kier alpha value is -1.69. The molecule has 0 aliphatic carbocycles. The molecule has 6 heteroatoms. The maximum absolute atomic E-state index is 10.6. The molecule has 1 heterocycles. The highest BCUT2D eigenvalue weighted by molar-refractivity contribution is 6.30. The number of hydrogen-bond acceptors (Lipinski definition) is 4. The van der Waals surface area contributed by atoms with Gasteiger partial charge in [-0.15, -0.1) is 0 Å². The average molecular weight is 308 g/mol. The fourth-order valence-electron chi connectivity index (χ4n) is 1.83. The first-order valence-corrected chi connectivity index (χ1v) is 6.93. The summed E-state index contributed by atoms with van der Waals surface area (Å²) < 4.78 is 1.50. The third-order valence-electron chi connectivity index (χ3n) is 3.30. The van der Waals surface area contributed by atoms with Crippen LogP contribution in [0.1, 0.15) is 19.4 Å². The topological polar surface area (TPSA) is 71.2 Å². The predicted octanol–water partition coefficient (Wildman–Crippen LogP) is 2.31. The zero-order chi connectivity index (χ0) is 15.5. The summed E-state index contributed by atoms with van der Waals surface area (Å²) in [7, 11) is 0. The van der Waals surface area contributed by atoms with Crippen molar-refractivity contribution in [2.75, 3.05) is 6.61 Å². The molecule has 0 fully saturated rings. The summed E-state index contributed by atoms with van der Waals surface area (Å²) in [6.45, 7) is 3.41. The third kappa shape index (κ3) is 3.69. The molecule has 112 valence electrons. The Morgan fingerprint density at radius 3 is 2.57 bits per heavy atom. The minimum Gasteiger partial charge on any atom is -0.396 e. The molecular weight excluding hydrogens is 290 g/mol. The van der Waals surface area contributed by atoms with Crippen LogP contribution in [-0.4, -0.2) is 37.7 Å². The number of aliphatic hydroxyl groups excluding tert-OH is 2. The van der Waals surface area contributed by atoms with E-state index in [9.17, 15) is 10.2 Å². The fourth-order valence-corrected chi connectivity index (χ4v) is 1.95. The van der Waals surface area contributed by atoms with Crippen LogP contribution >= 0.6 is 11.6 Å². The highest BCUT2D eigenvalue weighted by Crippen LogP contribution is 2.29. The molecule has 0 aliphatic heterocycles. The maximum atomic E-state index is 10.6. The van der Waals surface area contributed by atoms with Gasteiger partial charge in [0.15, 0.2) is 0 Å². The Kier molecular flexibility index (Phi) is 4.77. The molecule has 1 aromatic heterocycles. The molecule has 21 heavy (non-hydrogen) atoms. The number of aromatic nitrogens is 3. The van der Waals surface area contributed by atoms with Crippen LogP contribution in [0, 0.1) is 5.41 Å². The van der Waals surface area contributed by atoms with E-state index >= 15 is 0 Å². The quantitative estimate of drug-likeness (QED) is 0.889. The average Bonchev–Trinajstić information content (AvgIpc) is 3.00. The van der Waals surface area contributed by atoms with Gasteiger partial charge in [0.05, 0.1) is 12.3 Å². The van der Waals surface area contributed by atoms with Crippen molar-refractivity contribution in [2.24, 2.45) is 5.41 Å². The first-order chi connectivity index (χ1) is 9.94. The second-order valence-electron chi connectivity index (χ2n) is 5.51. The van der Waals surface area contributed by atoms with Crippen molar-refractivity contribution in [3.8, 4) is 0 Å². The van der Waals surface area contributed by atoms with Crippen molar-refractivity contribution in [3.63, 3.8) is 0 Å². The summed E-state index contributed by atoms with van der Waals surface area (Å²) in [6.07, 6.45) is 3.81. The van der Waals surface area contributed by atoms with E-state index in [4.69, 9.17) is 11.6 Å². The van der Waals surface area contributed by atoms with Gasteiger partial charge in [-0.2, -0.15) is 5.10 Å². The van der Waals surface area contributed by atoms with Crippen molar-refractivity contribution in [1.82, 2.24) is 14.8 Å². The van der Waals surface area contributed by atoms with E-state index in [1.807, 2.05) is 12.1 Å². The van der Waals surface area contributed by atoms with Gasteiger partial charge >= 0.3 is 0 Å². The molecule has 0 bridgehead atoms. The Labute approximate surface area is 128 Å². The molecule has 1 aromatic carbocycles. The van der Waals surface area contributed by atoms with Crippen LogP contribution in [0.5, 0.6) is 0 Å². The molecule has 2 N–H and O–H groups in total. The van der Waals surface area contributed by atoms with Gasteiger partial charge in [0, 0.05) is 10.4 Å². The Morgan fingerprint density at radius 1 is 1.38 bits per heavy atom. The van der Waals surface area contributed by atoms with E-state index in [1.165, 1.54) is 17.3 Å². The molecule has 0 spiro atoms. The van der Waals surface area contributed by atoms with Gasteiger partial charge in [0.25, 0.3) is 0 Å². The van der Waals surface area contributed by atoms with Crippen LogP contribution in [0.15, 0.2) is 36.9 Å². The lowest BCUT2D eigenvalue weighted by Crippen LogP contribution is -2.35. The number of rotatable bonds is 5. The first-order valence-electron chi connectivity index (χ1n) is 6.55. The van der Waals surface area contributed by atoms with Gasteiger partial charge in [-0.3, -0.25) is 0 Å². The Balaban J connectivity index is 2.44. The van der Waals surface area contributed by atoms with E-state index in [0.29, 0.717) is 10.7 Å². The van der Waals surface area contributed by atoms with Gasteiger partial charge in [-0.25, -0.2) is 9.67 Å². The molecular formula is C15H18ClN3O2. The Bertz CT molecular complexity index is 606. The van der Waals surface area contributed by atoms with Crippen LogP contribution in [-0.2, 0) is 0 Å². The SMILES string of the molecule is CC(C)(CO)C(O)/C(=C\c1ccc(Cl)cc1)n1cncn1. The molecule has 5 nitrogen and oxygen atoms in total. The third-order valence-corrected chi connectivity index (χ3v) is 3.55.